The fourth-order valence-corrected chi connectivity index (χ4v) is 4.51. The summed E-state index contributed by atoms with van der Waals surface area (Å²) >= 11 is 0. The first-order chi connectivity index (χ1) is 14.8. The van der Waals surface area contributed by atoms with Crippen LogP contribution in [0.25, 0.3) is 10.9 Å². The van der Waals surface area contributed by atoms with Gasteiger partial charge in [0.25, 0.3) is 0 Å². The number of nitrogens with zero attached hydrogens (tertiary/aromatic N) is 3. The molecule has 2 aliphatic rings. The van der Waals surface area contributed by atoms with E-state index in [4.69, 9.17) is 9.97 Å². The lowest BCUT2D eigenvalue weighted by atomic mass is 9.84. The van der Waals surface area contributed by atoms with Gasteiger partial charge in [0, 0.05) is 25.0 Å². The monoisotopic (exact) mass is 402 g/mol. The van der Waals surface area contributed by atoms with Crippen molar-refractivity contribution in [1.82, 2.24) is 20.6 Å². The zero-order valence-corrected chi connectivity index (χ0v) is 16.9. The molecule has 0 saturated carbocycles. The number of hydrogen-bond acceptors (Lipinski definition) is 6. The lowest BCUT2D eigenvalue weighted by Crippen LogP contribution is -2.68. The SMILES string of the molecule is O=C1NCCN(c2nc(NCc3ccccc3)c3ccccc3n2)C12CCNCC2. The maximum atomic E-state index is 13.0. The Bertz CT molecular complexity index is 1050. The minimum atomic E-state index is -0.581. The van der Waals surface area contributed by atoms with Gasteiger partial charge >= 0.3 is 0 Å². The van der Waals surface area contributed by atoms with Crippen molar-refractivity contribution in [2.75, 3.05) is 36.4 Å². The van der Waals surface area contributed by atoms with Gasteiger partial charge in [0.2, 0.25) is 11.9 Å². The van der Waals surface area contributed by atoms with E-state index in [9.17, 15) is 4.79 Å². The maximum Gasteiger partial charge on any atom is 0.246 e. The number of piperidine rings is 1. The number of rotatable bonds is 4. The highest BCUT2D eigenvalue weighted by atomic mass is 16.2. The van der Waals surface area contributed by atoms with E-state index in [1.807, 2.05) is 42.5 Å². The smallest absolute Gasteiger partial charge is 0.246 e. The lowest BCUT2D eigenvalue weighted by molar-refractivity contribution is -0.128. The number of aromatic nitrogens is 2. The molecular formula is C23H26N6O. The van der Waals surface area contributed by atoms with Crippen molar-refractivity contribution in [1.29, 1.82) is 0 Å². The second kappa shape index (κ2) is 7.91. The number of carbonyl (C=O) groups excluding carboxylic acids is 1. The van der Waals surface area contributed by atoms with Gasteiger partial charge in [-0.15, -0.1) is 0 Å². The Hall–Kier alpha value is -3.19. The van der Waals surface area contributed by atoms with Crippen molar-refractivity contribution >= 4 is 28.6 Å². The average molecular weight is 403 g/mol. The molecule has 0 radical (unpaired) electrons. The highest BCUT2D eigenvalue weighted by Crippen LogP contribution is 2.33. The van der Waals surface area contributed by atoms with Crippen LogP contribution in [0, 0.1) is 0 Å². The van der Waals surface area contributed by atoms with Crippen molar-refractivity contribution in [3.8, 4) is 0 Å². The Balaban J connectivity index is 1.54. The molecule has 5 rings (SSSR count). The van der Waals surface area contributed by atoms with Crippen LogP contribution in [0.5, 0.6) is 0 Å². The van der Waals surface area contributed by atoms with Gasteiger partial charge in [0.15, 0.2) is 0 Å². The molecule has 2 aliphatic heterocycles. The molecule has 2 saturated heterocycles. The van der Waals surface area contributed by atoms with E-state index in [1.54, 1.807) is 0 Å². The van der Waals surface area contributed by atoms with Gasteiger partial charge in [0.1, 0.15) is 11.4 Å². The highest BCUT2D eigenvalue weighted by Gasteiger charge is 2.48. The zero-order valence-electron chi connectivity index (χ0n) is 16.9. The summed E-state index contributed by atoms with van der Waals surface area (Å²) in [6, 6.07) is 18.3. The standard InChI is InChI=1S/C23H26N6O/c30-21-23(10-12-24-13-11-23)29(15-14-25-21)22-27-19-9-5-4-8-18(19)20(28-22)26-16-17-6-2-1-3-7-17/h1-9,24H,10-16H2,(H,25,30)(H,26,27,28). The fourth-order valence-electron chi connectivity index (χ4n) is 4.51. The van der Waals surface area contributed by atoms with E-state index < -0.39 is 5.54 Å². The molecule has 3 N–H and O–H groups in total. The quantitative estimate of drug-likeness (QED) is 0.621. The van der Waals surface area contributed by atoms with Crippen LogP contribution in [-0.2, 0) is 11.3 Å². The number of para-hydroxylation sites is 1. The van der Waals surface area contributed by atoms with Crippen LogP contribution in [-0.4, -0.2) is 47.6 Å². The molecule has 7 heteroatoms. The van der Waals surface area contributed by atoms with Gasteiger partial charge in [-0.3, -0.25) is 4.79 Å². The Kier molecular flexibility index (Phi) is 4.96. The number of carbonyl (C=O) groups is 1. The third kappa shape index (κ3) is 3.35. The van der Waals surface area contributed by atoms with Crippen LogP contribution in [0.2, 0.25) is 0 Å². The van der Waals surface area contributed by atoms with E-state index in [0.717, 1.165) is 42.7 Å². The molecule has 0 unspecified atom stereocenters. The van der Waals surface area contributed by atoms with Crippen LogP contribution in [0.15, 0.2) is 54.6 Å². The van der Waals surface area contributed by atoms with Gasteiger partial charge in [-0.1, -0.05) is 42.5 Å². The Morgan fingerprint density at radius 3 is 2.57 bits per heavy atom. The predicted octanol–water partition coefficient (Wildman–Crippen LogP) is 2.30. The third-order valence-electron chi connectivity index (χ3n) is 6.13. The molecule has 0 atom stereocenters. The zero-order chi connectivity index (χ0) is 20.4. The first-order valence-electron chi connectivity index (χ1n) is 10.6. The summed E-state index contributed by atoms with van der Waals surface area (Å²) in [6.45, 7) is 3.63. The van der Waals surface area contributed by atoms with E-state index >= 15 is 0 Å². The van der Waals surface area contributed by atoms with Gasteiger partial charge in [-0.05, 0) is 43.6 Å². The molecule has 0 aliphatic carbocycles. The molecule has 2 aromatic carbocycles. The van der Waals surface area contributed by atoms with Crippen molar-refractivity contribution in [2.45, 2.75) is 24.9 Å². The summed E-state index contributed by atoms with van der Waals surface area (Å²) in [5.74, 6) is 1.52. The minimum Gasteiger partial charge on any atom is -0.365 e. The minimum absolute atomic E-state index is 0.0887. The second-order valence-electron chi connectivity index (χ2n) is 7.92. The van der Waals surface area contributed by atoms with E-state index in [0.29, 0.717) is 25.6 Å². The lowest BCUT2D eigenvalue weighted by Gasteiger charge is -2.48. The molecule has 7 nitrogen and oxygen atoms in total. The van der Waals surface area contributed by atoms with Crippen molar-refractivity contribution < 1.29 is 4.79 Å². The van der Waals surface area contributed by atoms with Crippen LogP contribution in [0.4, 0.5) is 11.8 Å². The summed E-state index contributed by atoms with van der Waals surface area (Å²) in [6.07, 6.45) is 1.50. The first-order valence-corrected chi connectivity index (χ1v) is 10.6. The Labute approximate surface area is 175 Å². The van der Waals surface area contributed by atoms with Crippen LogP contribution in [0.3, 0.4) is 0 Å². The Morgan fingerprint density at radius 1 is 0.967 bits per heavy atom. The average Bonchev–Trinajstić information content (AvgIpc) is 2.80. The molecule has 3 aromatic rings. The van der Waals surface area contributed by atoms with Gasteiger partial charge in [0.05, 0.1) is 5.52 Å². The Morgan fingerprint density at radius 2 is 1.73 bits per heavy atom. The number of anilines is 2. The number of fused-ring (bicyclic) bond motifs is 1. The fraction of sp³-hybridized carbons (Fsp3) is 0.348. The van der Waals surface area contributed by atoms with Crippen LogP contribution in [0.1, 0.15) is 18.4 Å². The van der Waals surface area contributed by atoms with Crippen LogP contribution < -0.4 is 20.9 Å². The summed E-state index contributed by atoms with van der Waals surface area (Å²) in [5.41, 5.74) is 1.49. The van der Waals surface area contributed by atoms with Gasteiger partial charge in [-0.25, -0.2) is 4.98 Å². The van der Waals surface area contributed by atoms with Gasteiger partial charge < -0.3 is 20.9 Å². The maximum absolute atomic E-state index is 13.0. The van der Waals surface area contributed by atoms with E-state index in [2.05, 4.69) is 33.0 Å². The summed E-state index contributed by atoms with van der Waals surface area (Å²) in [7, 11) is 0. The molecule has 3 heterocycles. The molecule has 1 spiro atoms. The second-order valence-corrected chi connectivity index (χ2v) is 7.92. The molecular weight excluding hydrogens is 376 g/mol. The number of benzene rings is 2. The summed E-state index contributed by atoms with van der Waals surface area (Å²) < 4.78 is 0. The predicted molar refractivity (Wildman–Crippen MR) is 118 cm³/mol. The van der Waals surface area contributed by atoms with Crippen molar-refractivity contribution in [2.24, 2.45) is 0 Å². The third-order valence-corrected chi connectivity index (χ3v) is 6.13. The number of amides is 1. The van der Waals surface area contributed by atoms with Crippen LogP contribution >= 0.6 is 0 Å². The summed E-state index contributed by atoms with van der Waals surface area (Å²) in [4.78, 5) is 24.9. The van der Waals surface area contributed by atoms with Crippen molar-refractivity contribution in [3.05, 3.63) is 60.2 Å². The van der Waals surface area contributed by atoms with E-state index in [-0.39, 0.29) is 5.91 Å². The van der Waals surface area contributed by atoms with Gasteiger partial charge in [-0.2, -0.15) is 4.98 Å². The largest absolute Gasteiger partial charge is 0.365 e. The number of hydrogen-bond donors (Lipinski definition) is 3. The molecule has 2 fully saturated rings. The molecule has 1 aromatic heterocycles. The number of piperazine rings is 1. The molecule has 0 bridgehead atoms. The topological polar surface area (TPSA) is 82.2 Å². The normalized spacial score (nSPS) is 18.4. The molecule has 154 valence electrons. The molecule has 30 heavy (non-hydrogen) atoms. The summed E-state index contributed by atoms with van der Waals surface area (Å²) in [5, 5.41) is 10.9. The number of nitrogens with one attached hydrogen (secondary N) is 3. The first kappa shape index (κ1) is 18.8. The van der Waals surface area contributed by atoms with Crippen molar-refractivity contribution in [3.63, 3.8) is 0 Å². The molecule has 1 amide bonds. The highest BCUT2D eigenvalue weighted by molar-refractivity contribution is 5.93. The van der Waals surface area contributed by atoms with E-state index in [1.165, 1.54) is 5.56 Å².